The molecule has 2 rings (SSSR count). The number of nitrogens with zero attached hydrogens (tertiary/aromatic N) is 1. The largest absolute Gasteiger partial charge is 0.412 e. The van der Waals surface area contributed by atoms with Gasteiger partial charge in [-0.2, -0.15) is 0 Å². The van der Waals surface area contributed by atoms with Crippen LogP contribution in [0.3, 0.4) is 0 Å². The van der Waals surface area contributed by atoms with Gasteiger partial charge in [0.25, 0.3) is 0 Å². The summed E-state index contributed by atoms with van der Waals surface area (Å²) in [5, 5.41) is 0. The minimum Gasteiger partial charge on any atom is -0.412 e. The molecule has 2 aromatic carbocycles. The lowest BCUT2D eigenvalue weighted by Crippen LogP contribution is -2.31. The van der Waals surface area contributed by atoms with Crippen molar-refractivity contribution in [2.75, 3.05) is 26.3 Å². The van der Waals surface area contributed by atoms with Crippen LogP contribution in [-0.4, -0.2) is 36.7 Å². The molecule has 1 atom stereocenters. The molecule has 1 unspecified atom stereocenters. The molecule has 0 aliphatic carbocycles. The van der Waals surface area contributed by atoms with Crippen molar-refractivity contribution in [3.63, 3.8) is 0 Å². The van der Waals surface area contributed by atoms with Crippen LogP contribution in [0, 0.1) is 6.92 Å². The maximum Gasteiger partial charge on any atom is 0.0644 e. The Bertz CT molecular complexity index is 639. The molecule has 0 fully saturated rings. The van der Waals surface area contributed by atoms with E-state index in [0.29, 0.717) is 12.6 Å². The van der Waals surface area contributed by atoms with Crippen molar-refractivity contribution < 1.29 is 10.2 Å². The van der Waals surface area contributed by atoms with Crippen LogP contribution >= 0.6 is 0 Å². The Morgan fingerprint density at radius 1 is 0.929 bits per heavy atom. The summed E-state index contributed by atoms with van der Waals surface area (Å²) < 4.78 is 5.50. The lowest BCUT2D eigenvalue weighted by molar-refractivity contribution is 0.154. The Morgan fingerprint density at radius 3 is 2.25 bits per heavy atom. The second kappa shape index (κ2) is 14.1. The predicted octanol–water partition coefficient (Wildman–Crippen LogP) is 5.34. The van der Waals surface area contributed by atoms with E-state index in [1.54, 1.807) is 0 Å². The zero-order valence-electron chi connectivity index (χ0n) is 17.6. The van der Waals surface area contributed by atoms with Gasteiger partial charge in [-0.15, -0.1) is 6.58 Å². The normalized spacial score (nSPS) is 11.8. The molecule has 0 amide bonds. The van der Waals surface area contributed by atoms with Crippen LogP contribution in [0.4, 0.5) is 0 Å². The molecule has 0 aliphatic rings. The first-order chi connectivity index (χ1) is 13.3. The number of hydrogen-bond donors (Lipinski definition) is 0. The van der Waals surface area contributed by atoms with E-state index in [1.165, 1.54) is 29.5 Å². The second-order valence-electron chi connectivity index (χ2n) is 7.18. The standard InChI is InChI=1S/C25H35NO.H2O/c1-4-18-26(19-10-7-11-21-27-20-5-2)25(23-12-8-6-9-13-23)24-16-14-22(3)15-17-24;/h5-6,8-9,12-17,25H,2,4,7,10-11,18-21H2,1,3H3;1H2. The van der Waals surface area contributed by atoms with Gasteiger partial charge in [0.1, 0.15) is 0 Å². The summed E-state index contributed by atoms with van der Waals surface area (Å²) in [4.78, 5) is 2.64. The monoisotopic (exact) mass is 383 g/mol. The minimum absolute atomic E-state index is 0. The smallest absolute Gasteiger partial charge is 0.0644 e. The van der Waals surface area contributed by atoms with E-state index >= 15 is 0 Å². The number of unbranched alkanes of at least 4 members (excludes halogenated alkanes) is 2. The summed E-state index contributed by atoms with van der Waals surface area (Å²) in [7, 11) is 0. The van der Waals surface area contributed by atoms with E-state index in [4.69, 9.17) is 4.74 Å². The summed E-state index contributed by atoms with van der Waals surface area (Å²) in [6, 6.07) is 20.3. The molecule has 0 heterocycles. The Kier molecular flexibility index (Phi) is 12.1. The fourth-order valence-electron chi connectivity index (χ4n) is 3.52. The summed E-state index contributed by atoms with van der Waals surface area (Å²) >= 11 is 0. The third-order valence-corrected chi connectivity index (χ3v) is 4.85. The molecule has 3 nitrogen and oxygen atoms in total. The van der Waals surface area contributed by atoms with Crippen LogP contribution < -0.4 is 0 Å². The average molecular weight is 384 g/mol. The maximum atomic E-state index is 5.50. The Hall–Kier alpha value is -1.94. The molecule has 0 saturated heterocycles. The lowest BCUT2D eigenvalue weighted by atomic mass is 9.95. The van der Waals surface area contributed by atoms with Crippen molar-refractivity contribution in [3.8, 4) is 0 Å². The minimum atomic E-state index is 0. The zero-order chi connectivity index (χ0) is 19.3. The molecule has 154 valence electrons. The first-order valence-corrected chi connectivity index (χ1v) is 10.3. The molecule has 0 radical (unpaired) electrons. The number of ether oxygens (including phenoxy) is 1. The lowest BCUT2D eigenvalue weighted by Gasteiger charge is -2.32. The number of aryl methyl sites for hydroxylation is 1. The van der Waals surface area contributed by atoms with Crippen LogP contribution in [0.25, 0.3) is 0 Å². The quantitative estimate of drug-likeness (QED) is 0.346. The highest BCUT2D eigenvalue weighted by molar-refractivity contribution is 5.33. The van der Waals surface area contributed by atoms with Gasteiger partial charge in [0.05, 0.1) is 12.6 Å². The van der Waals surface area contributed by atoms with Gasteiger partial charge in [-0.05, 0) is 56.8 Å². The number of benzene rings is 2. The third-order valence-electron chi connectivity index (χ3n) is 4.85. The van der Waals surface area contributed by atoms with Crippen LogP contribution in [0.1, 0.15) is 55.3 Å². The third kappa shape index (κ3) is 7.97. The Morgan fingerprint density at radius 2 is 1.61 bits per heavy atom. The van der Waals surface area contributed by atoms with E-state index in [9.17, 15) is 0 Å². The highest BCUT2D eigenvalue weighted by Gasteiger charge is 2.21. The molecule has 0 aliphatic heterocycles. The first kappa shape index (κ1) is 24.1. The SMILES string of the molecule is C=CCOCCCCCN(CCC)C(c1ccccc1)c1ccc(C)cc1.O. The van der Waals surface area contributed by atoms with Gasteiger partial charge in [0.2, 0.25) is 0 Å². The molecule has 28 heavy (non-hydrogen) atoms. The van der Waals surface area contributed by atoms with Gasteiger partial charge >= 0.3 is 0 Å². The van der Waals surface area contributed by atoms with E-state index in [2.05, 4.69) is 79.9 Å². The van der Waals surface area contributed by atoms with Crippen LogP contribution in [0.2, 0.25) is 0 Å². The summed E-state index contributed by atoms with van der Waals surface area (Å²) in [5.74, 6) is 0. The number of rotatable bonds is 13. The second-order valence-corrected chi connectivity index (χ2v) is 7.18. The highest BCUT2D eigenvalue weighted by atomic mass is 16.5. The van der Waals surface area contributed by atoms with Crippen molar-refractivity contribution in [1.29, 1.82) is 0 Å². The number of hydrogen-bond acceptors (Lipinski definition) is 2. The van der Waals surface area contributed by atoms with Crippen LogP contribution in [0.15, 0.2) is 67.3 Å². The average Bonchev–Trinajstić information content (AvgIpc) is 2.70. The summed E-state index contributed by atoms with van der Waals surface area (Å²) in [5.41, 5.74) is 4.07. The van der Waals surface area contributed by atoms with E-state index in [1.807, 2.05) is 6.08 Å². The van der Waals surface area contributed by atoms with Crippen molar-refractivity contribution in [2.24, 2.45) is 0 Å². The van der Waals surface area contributed by atoms with Gasteiger partial charge in [-0.1, -0.05) is 73.2 Å². The first-order valence-electron chi connectivity index (χ1n) is 10.3. The van der Waals surface area contributed by atoms with E-state index in [-0.39, 0.29) is 5.48 Å². The zero-order valence-corrected chi connectivity index (χ0v) is 17.6. The van der Waals surface area contributed by atoms with Crippen LogP contribution in [0.5, 0.6) is 0 Å². The summed E-state index contributed by atoms with van der Waals surface area (Å²) in [6.07, 6.45) is 6.50. The molecule has 2 aromatic rings. The van der Waals surface area contributed by atoms with Crippen molar-refractivity contribution in [2.45, 2.75) is 45.6 Å². The van der Waals surface area contributed by atoms with Crippen molar-refractivity contribution in [3.05, 3.63) is 83.9 Å². The van der Waals surface area contributed by atoms with Gasteiger partial charge in [0.15, 0.2) is 0 Å². The Balaban J connectivity index is 0.00000392. The maximum absolute atomic E-state index is 5.50. The molecule has 0 spiro atoms. The molecule has 0 saturated carbocycles. The fraction of sp³-hybridized carbons (Fsp3) is 0.440. The molecular formula is C25H37NO2. The molecule has 2 N–H and O–H groups in total. The molecular weight excluding hydrogens is 346 g/mol. The van der Waals surface area contributed by atoms with Gasteiger partial charge < -0.3 is 10.2 Å². The molecule has 0 aromatic heterocycles. The summed E-state index contributed by atoms with van der Waals surface area (Å²) in [6.45, 7) is 11.8. The van der Waals surface area contributed by atoms with E-state index < -0.39 is 0 Å². The fourth-order valence-corrected chi connectivity index (χ4v) is 3.52. The predicted molar refractivity (Wildman–Crippen MR) is 120 cm³/mol. The van der Waals surface area contributed by atoms with Gasteiger partial charge in [-0.3, -0.25) is 4.90 Å². The van der Waals surface area contributed by atoms with Crippen molar-refractivity contribution >= 4 is 0 Å². The topological polar surface area (TPSA) is 44.0 Å². The molecule has 3 heteroatoms. The van der Waals surface area contributed by atoms with Crippen LogP contribution in [-0.2, 0) is 4.74 Å². The van der Waals surface area contributed by atoms with Gasteiger partial charge in [0, 0.05) is 6.61 Å². The highest BCUT2D eigenvalue weighted by Crippen LogP contribution is 2.29. The van der Waals surface area contributed by atoms with E-state index in [0.717, 1.165) is 32.5 Å². The molecule has 0 bridgehead atoms. The van der Waals surface area contributed by atoms with Gasteiger partial charge in [-0.25, -0.2) is 0 Å². The Labute approximate surface area is 171 Å². The van der Waals surface area contributed by atoms with Crippen molar-refractivity contribution in [1.82, 2.24) is 4.90 Å².